The fraction of sp³-hybridized carbons (Fsp3) is 0.241. The van der Waals surface area contributed by atoms with Gasteiger partial charge in [-0.3, -0.25) is 9.59 Å². The van der Waals surface area contributed by atoms with Crippen molar-refractivity contribution in [1.29, 1.82) is 0 Å². The molecule has 192 valence electrons. The minimum atomic E-state index is -0.285. The largest absolute Gasteiger partial charge is 0.360 e. The van der Waals surface area contributed by atoms with Crippen molar-refractivity contribution >= 4 is 46.0 Å². The minimum Gasteiger partial charge on any atom is -0.360 e. The standard InChI is InChI=1S/C29H27ClN6O2/c1-2-25(37)33-18-9-7-17(8-10-18)27(38)34-19-11-29(12-19)13-20(14-29)35-28-32-16-23(30)26(36-28)22-15-31-24-6-4-3-5-21(22)24/h2-10,15-16,19-20,31H,1,11-14H2,(H,33,37)(H,34,38)(H,32,35,36). The first-order valence-electron chi connectivity index (χ1n) is 12.6. The number of aromatic nitrogens is 3. The molecule has 1 spiro atoms. The topological polar surface area (TPSA) is 112 Å². The number of nitrogens with one attached hydrogen (secondary N) is 4. The smallest absolute Gasteiger partial charge is 0.251 e. The molecule has 2 heterocycles. The second-order valence-corrected chi connectivity index (χ2v) is 10.6. The number of fused-ring (bicyclic) bond motifs is 1. The Balaban J connectivity index is 1.01. The van der Waals surface area contributed by atoms with Crippen molar-refractivity contribution in [2.75, 3.05) is 10.6 Å². The number of anilines is 2. The van der Waals surface area contributed by atoms with Crippen molar-refractivity contribution in [3.8, 4) is 11.3 Å². The molecule has 2 aromatic heterocycles. The number of para-hydroxylation sites is 1. The predicted molar refractivity (Wildman–Crippen MR) is 149 cm³/mol. The quantitative estimate of drug-likeness (QED) is 0.236. The molecule has 0 aliphatic heterocycles. The first-order valence-corrected chi connectivity index (χ1v) is 13.0. The normalized spacial score (nSPS) is 21.8. The molecule has 2 aliphatic carbocycles. The Morgan fingerprint density at radius 3 is 2.55 bits per heavy atom. The molecular weight excluding hydrogens is 500 g/mol. The molecule has 0 radical (unpaired) electrons. The number of halogens is 1. The van der Waals surface area contributed by atoms with Crippen LogP contribution in [0.25, 0.3) is 22.2 Å². The molecule has 2 fully saturated rings. The Morgan fingerprint density at radius 1 is 1.05 bits per heavy atom. The molecule has 2 amide bonds. The maximum Gasteiger partial charge on any atom is 0.251 e. The number of benzene rings is 2. The summed E-state index contributed by atoms with van der Waals surface area (Å²) >= 11 is 6.46. The van der Waals surface area contributed by atoms with Crippen molar-refractivity contribution in [2.24, 2.45) is 5.41 Å². The van der Waals surface area contributed by atoms with Gasteiger partial charge in [0.05, 0.1) is 16.9 Å². The second kappa shape index (κ2) is 9.61. The van der Waals surface area contributed by atoms with E-state index in [2.05, 4.69) is 32.5 Å². The molecule has 38 heavy (non-hydrogen) atoms. The number of amides is 2. The predicted octanol–water partition coefficient (Wildman–Crippen LogP) is 5.56. The van der Waals surface area contributed by atoms with Crippen LogP contribution in [0.4, 0.5) is 11.6 Å². The van der Waals surface area contributed by atoms with E-state index in [0.717, 1.165) is 42.1 Å². The first kappa shape index (κ1) is 24.2. The number of rotatable bonds is 7. The number of aromatic amines is 1. The lowest BCUT2D eigenvalue weighted by Crippen LogP contribution is -2.59. The van der Waals surface area contributed by atoms with E-state index in [0.29, 0.717) is 34.0 Å². The summed E-state index contributed by atoms with van der Waals surface area (Å²) in [5.74, 6) is 0.193. The zero-order valence-electron chi connectivity index (χ0n) is 20.6. The van der Waals surface area contributed by atoms with Crippen LogP contribution in [0, 0.1) is 5.41 Å². The maximum atomic E-state index is 12.6. The molecule has 0 saturated heterocycles. The van der Waals surface area contributed by atoms with E-state index in [1.54, 1.807) is 30.5 Å². The van der Waals surface area contributed by atoms with E-state index in [4.69, 9.17) is 16.6 Å². The van der Waals surface area contributed by atoms with Crippen LogP contribution in [0.2, 0.25) is 5.02 Å². The fourth-order valence-corrected chi connectivity index (χ4v) is 5.94. The highest BCUT2D eigenvalue weighted by atomic mass is 35.5. The van der Waals surface area contributed by atoms with E-state index >= 15 is 0 Å². The monoisotopic (exact) mass is 526 g/mol. The fourth-order valence-electron chi connectivity index (χ4n) is 5.75. The van der Waals surface area contributed by atoms with Crippen LogP contribution < -0.4 is 16.0 Å². The van der Waals surface area contributed by atoms with Crippen LogP contribution in [0.5, 0.6) is 0 Å². The van der Waals surface area contributed by atoms with E-state index in [-0.39, 0.29) is 23.3 Å². The summed E-state index contributed by atoms with van der Waals surface area (Å²) in [6.45, 7) is 3.43. The number of hydrogen-bond acceptors (Lipinski definition) is 5. The zero-order valence-corrected chi connectivity index (χ0v) is 21.4. The van der Waals surface area contributed by atoms with Gasteiger partial charge < -0.3 is 20.9 Å². The summed E-state index contributed by atoms with van der Waals surface area (Å²) in [5.41, 5.74) is 4.16. The van der Waals surface area contributed by atoms with Crippen LogP contribution in [0.15, 0.2) is 73.6 Å². The molecule has 2 aliphatic rings. The van der Waals surface area contributed by atoms with Gasteiger partial charge in [0.15, 0.2) is 0 Å². The van der Waals surface area contributed by atoms with Gasteiger partial charge in [-0.05, 0) is 67.5 Å². The van der Waals surface area contributed by atoms with Gasteiger partial charge >= 0.3 is 0 Å². The van der Waals surface area contributed by atoms with Crippen LogP contribution >= 0.6 is 11.6 Å². The minimum absolute atomic E-state index is 0.0974. The van der Waals surface area contributed by atoms with E-state index < -0.39 is 0 Å². The van der Waals surface area contributed by atoms with Crippen LogP contribution in [0.1, 0.15) is 36.0 Å². The van der Waals surface area contributed by atoms with Gasteiger partial charge in [-0.15, -0.1) is 0 Å². The third-order valence-corrected chi connectivity index (χ3v) is 7.85. The van der Waals surface area contributed by atoms with Gasteiger partial charge in [0.1, 0.15) is 0 Å². The first-order chi connectivity index (χ1) is 18.4. The lowest BCUT2D eigenvalue weighted by Gasteiger charge is -2.57. The molecular formula is C29H27ClN6O2. The molecule has 0 atom stereocenters. The number of H-pyrrole nitrogens is 1. The van der Waals surface area contributed by atoms with Gasteiger partial charge in [0.25, 0.3) is 5.91 Å². The molecule has 8 nitrogen and oxygen atoms in total. The molecule has 2 saturated carbocycles. The number of nitrogens with zero attached hydrogens (tertiary/aromatic N) is 2. The highest BCUT2D eigenvalue weighted by Gasteiger charge is 2.53. The Bertz CT molecular complexity index is 1530. The number of hydrogen-bond donors (Lipinski definition) is 4. The molecule has 4 aromatic rings. The maximum absolute atomic E-state index is 12.6. The summed E-state index contributed by atoms with van der Waals surface area (Å²) in [4.78, 5) is 36.5. The Kier molecular flexibility index (Phi) is 6.12. The summed E-state index contributed by atoms with van der Waals surface area (Å²) in [7, 11) is 0. The van der Waals surface area contributed by atoms with E-state index in [9.17, 15) is 9.59 Å². The third kappa shape index (κ3) is 4.63. The lowest BCUT2D eigenvalue weighted by atomic mass is 9.52. The Labute approximate surface area is 224 Å². The molecule has 0 bridgehead atoms. The Hall–Kier alpha value is -4.17. The van der Waals surface area contributed by atoms with Crippen molar-refractivity contribution in [2.45, 2.75) is 37.8 Å². The van der Waals surface area contributed by atoms with Crippen molar-refractivity contribution in [3.05, 3.63) is 84.2 Å². The number of carbonyl (C=O) groups excluding carboxylic acids is 2. The summed E-state index contributed by atoms with van der Waals surface area (Å²) < 4.78 is 0. The molecule has 2 aromatic carbocycles. The second-order valence-electron chi connectivity index (χ2n) is 10.2. The summed E-state index contributed by atoms with van der Waals surface area (Å²) in [6, 6.07) is 15.4. The molecule has 9 heteroatoms. The van der Waals surface area contributed by atoms with Crippen LogP contribution in [-0.4, -0.2) is 38.8 Å². The molecule has 6 rings (SSSR count). The van der Waals surface area contributed by atoms with Gasteiger partial charge in [0.2, 0.25) is 11.9 Å². The highest BCUT2D eigenvalue weighted by molar-refractivity contribution is 6.33. The number of carbonyl (C=O) groups is 2. The van der Waals surface area contributed by atoms with E-state index in [1.165, 1.54) is 6.08 Å². The highest BCUT2D eigenvalue weighted by Crippen LogP contribution is 2.56. The Morgan fingerprint density at radius 2 is 1.79 bits per heavy atom. The summed E-state index contributed by atoms with van der Waals surface area (Å²) in [5, 5.41) is 10.9. The SMILES string of the molecule is C=CC(=O)Nc1ccc(C(=O)NC2CC3(C2)CC(Nc2ncc(Cl)c(-c4c[nH]c5ccccc45)n2)C3)cc1. The molecule has 4 N–H and O–H groups in total. The van der Waals surface area contributed by atoms with Gasteiger partial charge in [-0.1, -0.05) is 36.4 Å². The van der Waals surface area contributed by atoms with Crippen molar-refractivity contribution in [3.63, 3.8) is 0 Å². The van der Waals surface area contributed by atoms with Crippen LogP contribution in [0.3, 0.4) is 0 Å². The third-order valence-electron chi connectivity index (χ3n) is 7.57. The van der Waals surface area contributed by atoms with Gasteiger partial charge in [-0.2, -0.15) is 0 Å². The zero-order chi connectivity index (χ0) is 26.3. The lowest BCUT2D eigenvalue weighted by molar-refractivity contribution is -0.111. The van der Waals surface area contributed by atoms with Gasteiger partial charge in [-0.25, -0.2) is 9.97 Å². The average Bonchev–Trinajstić information content (AvgIpc) is 3.31. The van der Waals surface area contributed by atoms with Crippen molar-refractivity contribution in [1.82, 2.24) is 20.3 Å². The van der Waals surface area contributed by atoms with Gasteiger partial charge in [0, 0.05) is 46.0 Å². The molecule has 0 unspecified atom stereocenters. The van der Waals surface area contributed by atoms with E-state index in [1.807, 2.05) is 30.5 Å². The summed E-state index contributed by atoms with van der Waals surface area (Å²) in [6.07, 6.45) is 8.75. The van der Waals surface area contributed by atoms with Crippen LogP contribution in [-0.2, 0) is 4.79 Å². The van der Waals surface area contributed by atoms with Crippen molar-refractivity contribution < 1.29 is 9.59 Å². The average molecular weight is 527 g/mol.